The number of carboxylic acids is 1. The van der Waals surface area contributed by atoms with Gasteiger partial charge in [-0.1, -0.05) is 0 Å². The fourth-order valence-corrected chi connectivity index (χ4v) is 2.28. The highest BCUT2D eigenvalue weighted by Crippen LogP contribution is 2.19. The maximum atomic E-state index is 12.4. The number of carbonyl (C=O) groups is 2. The van der Waals surface area contributed by atoms with Crippen molar-refractivity contribution in [3.05, 3.63) is 29.3 Å². The fraction of sp³-hybridized carbons (Fsp3) is 0.429. The number of hydrogen-bond donors (Lipinski definition) is 2. The van der Waals surface area contributed by atoms with Gasteiger partial charge in [0, 0.05) is 18.7 Å². The van der Waals surface area contributed by atoms with Gasteiger partial charge in [-0.15, -0.1) is 0 Å². The van der Waals surface area contributed by atoms with Crippen molar-refractivity contribution in [2.75, 3.05) is 19.7 Å². The molecule has 1 aromatic carbocycles. The van der Waals surface area contributed by atoms with E-state index in [0.717, 1.165) is 0 Å². The number of benzene rings is 1. The van der Waals surface area contributed by atoms with Crippen molar-refractivity contribution in [3.63, 3.8) is 0 Å². The lowest BCUT2D eigenvalue weighted by molar-refractivity contribution is -0.141. The number of amides is 1. The number of morpholine rings is 1. The molecule has 20 heavy (non-hydrogen) atoms. The Balaban J connectivity index is 2.10. The molecule has 1 atom stereocenters. The van der Waals surface area contributed by atoms with Crippen LogP contribution in [0.2, 0.25) is 0 Å². The Labute approximate surface area is 116 Å². The lowest BCUT2D eigenvalue weighted by Crippen LogP contribution is -2.46. The Morgan fingerprint density at radius 2 is 2.20 bits per heavy atom. The van der Waals surface area contributed by atoms with Crippen molar-refractivity contribution < 1.29 is 24.5 Å². The summed E-state index contributed by atoms with van der Waals surface area (Å²) < 4.78 is 5.34. The van der Waals surface area contributed by atoms with Crippen molar-refractivity contribution in [1.82, 2.24) is 4.90 Å². The summed E-state index contributed by atoms with van der Waals surface area (Å²) >= 11 is 0. The van der Waals surface area contributed by atoms with Crippen LogP contribution >= 0.6 is 0 Å². The van der Waals surface area contributed by atoms with Crippen LogP contribution in [0.1, 0.15) is 22.3 Å². The minimum absolute atomic E-state index is 0.113. The number of aromatic hydroxyl groups is 1. The first-order valence-corrected chi connectivity index (χ1v) is 6.39. The average Bonchev–Trinajstić information content (AvgIpc) is 2.37. The largest absolute Gasteiger partial charge is 0.508 e. The third kappa shape index (κ3) is 3.27. The highest BCUT2D eigenvalue weighted by Gasteiger charge is 2.27. The number of aliphatic carboxylic acids is 1. The Morgan fingerprint density at radius 3 is 2.85 bits per heavy atom. The minimum atomic E-state index is -0.940. The number of hydrogen-bond acceptors (Lipinski definition) is 4. The van der Waals surface area contributed by atoms with Gasteiger partial charge in [-0.25, -0.2) is 0 Å². The number of nitrogens with zero attached hydrogens (tertiary/aromatic N) is 1. The second kappa shape index (κ2) is 5.92. The molecule has 1 fully saturated rings. The summed E-state index contributed by atoms with van der Waals surface area (Å²) in [7, 11) is 0. The van der Waals surface area contributed by atoms with Gasteiger partial charge in [-0.2, -0.15) is 0 Å². The summed E-state index contributed by atoms with van der Waals surface area (Å²) in [5.74, 6) is -0.990. The lowest BCUT2D eigenvalue weighted by atomic mass is 10.1. The zero-order valence-corrected chi connectivity index (χ0v) is 11.2. The molecule has 1 aliphatic rings. The van der Waals surface area contributed by atoms with Crippen LogP contribution in [0.4, 0.5) is 0 Å². The smallest absolute Gasteiger partial charge is 0.306 e. The van der Waals surface area contributed by atoms with Crippen LogP contribution in [0, 0.1) is 6.92 Å². The molecule has 1 unspecified atom stereocenters. The molecular weight excluding hydrogens is 262 g/mol. The number of carbonyl (C=O) groups excluding carboxylic acids is 1. The first-order chi connectivity index (χ1) is 9.47. The average molecular weight is 279 g/mol. The molecule has 0 saturated carbocycles. The molecule has 1 heterocycles. The molecule has 0 bridgehead atoms. The van der Waals surface area contributed by atoms with E-state index in [9.17, 15) is 14.7 Å². The van der Waals surface area contributed by atoms with Crippen molar-refractivity contribution in [2.24, 2.45) is 0 Å². The van der Waals surface area contributed by atoms with Crippen molar-refractivity contribution >= 4 is 11.9 Å². The molecule has 2 rings (SSSR count). The topological polar surface area (TPSA) is 87.1 Å². The first kappa shape index (κ1) is 14.3. The summed E-state index contributed by atoms with van der Waals surface area (Å²) in [6.07, 6.45) is -0.583. The van der Waals surface area contributed by atoms with Crippen LogP contribution in [0.5, 0.6) is 5.75 Å². The monoisotopic (exact) mass is 279 g/mol. The number of phenols is 1. The van der Waals surface area contributed by atoms with E-state index in [-0.39, 0.29) is 24.6 Å². The Hall–Kier alpha value is -2.08. The number of aryl methyl sites for hydroxylation is 1. The van der Waals surface area contributed by atoms with Crippen LogP contribution in [-0.2, 0) is 9.53 Å². The minimum Gasteiger partial charge on any atom is -0.508 e. The van der Waals surface area contributed by atoms with E-state index in [1.165, 1.54) is 12.1 Å². The van der Waals surface area contributed by atoms with Gasteiger partial charge in [0.25, 0.3) is 5.91 Å². The van der Waals surface area contributed by atoms with Crippen molar-refractivity contribution in [1.29, 1.82) is 0 Å². The summed E-state index contributed by atoms with van der Waals surface area (Å²) in [6.45, 7) is 2.80. The van der Waals surface area contributed by atoms with E-state index in [1.54, 1.807) is 17.9 Å². The standard InChI is InChI=1S/C14H17NO5/c1-9-6-10(16)2-3-12(9)14(19)15-4-5-20-11(8-15)7-13(17)18/h2-3,6,11,16H,4-5,7-8H2,1H3,(H,17,18). The first-order valence-electron chi connectivity index (χ1n) is 6.39. The molecule has 1 aromatic rings. The van der Waals surface area contributed by atoms with Gasteiger partial charge in [0.15, 0.2) is 0 Å². The molecule has 1 amide bonds. The van der Waals surface area contributed by atoms with Gasteiger partial charge in [0.2, 0.25) is 0 Å². The van der Waals surface area contributed by atoms with Crippen LogP contribution < -0.4 is 0 Å². The number of rotatable bonds is 3. The molecule has 0 aliphatic carbocycles. The van der Waals surface area contributed by atoms with Crippen LogP contribution in [-0.4, -0.2) is 52.8 Å². The third-order valence-corrected chi connectivity index (χ3v) is 3.27. The molecule has 6 nitrogen and oxygen atoms in total. The summed E-state index contributed by atoms with van der Waals surface area (Å²) in [4.78, 5) is 24.7. The number of phenolic OH excluding ortho intramolecular Hbond substituents is 1. The zero-order chi connectivity index (χ0) is 14.7. The highest BCUT2D eigenvalue weighted by molar-refractivity contribution is 5.96. The van der Waals surface area contributed by atoms with Crippen LogP contribution in [0.3, 0.4) is 0 Å². The van der Waals surface area contributed by atoms with Crippen LogP contribution in [0.15, 0.2) is 18.2 Å². The van der Waals surface area contributed by atoms with E-state index in [1.807, 2.05) is 0 Å². The van der Waals surface area contributed by atoms with Gasteiger partial charge >= 0.3 is 5.97 Å². The van der Waals surface area contributed by atoms with Gasteiger partial charge in [0.1, 0.15) is 5.75 Å². The van der Waals surface area contributed by atoms with E-state index in [2.05, 4.69) is 0 Å². The zero-order valence-electron chi connectivity index (χ0n) is 11.2. The molecule has 1 aliphatic heterocycles. The maximum absolute atomic E-state index is 12.4. The van der Waals surface area contributed by atoms with Gasteiger partial charge < -0.3 is 19.8 Å². The third-order valence-electron chi connectivity index (χ3n) is 3.27. The Morgan fingerprint density at radius 1 is 1.45 bits per heavy atom. The van der Waals surface area contributed by atoms with Gasteiger partial charge in [-0.3, -0.25) is 9.59 Å². The molecule has 2 N–H and O–H groups in total. The lowest BCUT2D eigenvalue weighted by Gasteiger charge is -2.32. The molecule has 0 spiro atoms. The van der Waals surface area contributed by atoms with Crippen LogP contribution in [0.25, 0.3) is 0 Å². The van der Waals surface area contributed by atoms with E-state index in [4.69, 9.17) is 9.84 Å². The molecule has 6 heteroatoms. The maximum Gasteiger partial charge on any atom is 0.306 e. The Bertz CT molecular complexity index is 528. The van der Waals surface area contributed by atoms with E-state index >= 15 is 0 Å². The van der Waals surface area contributed by atoms with Gasteiger partial charge in [-0.05, 0) is 30.7 Å². The summed E-state index contributed by atoms with van der Waals surface area (Å²) in [5.41, 5.74) is 1.20. The van der Waals surface area contributed by atoms with E-state index in [0.29, 0.717) is 24.3 Å². The molecule has 108 valence electrons. The van der Waals surface area contributed by atoms with Crippen molar-refractivity contribution in [2.45, 2.75) is 19.4 Å². The summed E-state index contributed by atoms with van der Waals surface area (Å²) in [5, 5.41) is 18.1. The Kier molecular flexibility index (Phi) is 4.24. The second-order valence-corrected chi connectivity index (χ2v) is 4.84. The SMILES string of the molecule is Cc1cc(O)ccc1C(=O)N1CCOC(CC(=O)O)C1. The predicted molar refractivity (Wildman–Crippen MR) is 70.7 cm³/mol. The van der Waals surface area contributed by atoms with Crippen molar-refractivity contribution in [3.8, 4) is 5.75 Å². The van der Waals surface area contributed by atoms with E-state index < -0.39 is 12.1 Å². The molecule has 0 aromatic heterocycles. The molecule has 0 radical (unpaired) electrons. The fourth-order valence-electron chi connectivity index (χ4n) is 2.28. The summed E-state index contributed by atoms with van der Waals surface area (Å²) in [6, 6.07) is 4.58. The molecular formula is C14H17NO5. The normalized spacial score (nSPS) is 18.9. The second-order valence-electron chi connectivity index (χ2n) is 4.84. The number of carboxylic acid groups (broad SMARTS) is 1. The quantitative estimate of drug-likeness (QED) is 0.862. The number of ether oxygens (including phenoxy) is 1. The highest BCUT2D eigenvalue weighted by atomic mass is 16.5. The predicted octanol–water partition coefficient (Wildman–Crippen LogP) is 1.02. The molecule has 1 saturated heterocycles. The van der Waals surface area contributed by atoms with Gasteiger partial charge in [0.05, 0.1) is 19.1 Å².